The lowest BCUT2D eigenvalue weighted by molar-refractivity contribution is 0.508. The molecular formula is C14H14O. The molecule has 0 spiro atoms. The van der Waals surface area contributed by atoms with Gasteiger partial charge < -0.3 is 4.42 Å². The molecular weight excluding hydrogens is 184 g/mol. The highest BCUT2D eigenvalue weighted by Crippen LogP contribution is 2.12. The van der Waals surface area contributed by atoms with Crippen LogP contribution in [-0.2, 0) is 6.42 Å². The number of rotatable bonds is 3. The van der Waals surface area contributed by atoms with Crippen LogP contribution in [0.25, 0.3) is 12.2 Å². The lowest BCUT2D eigenvalue weighted by Gasteiger charge is -1.90. The third-order valence-electron chi connectivity index (χ3n) is 2.27. The Hall–Kier alpha value is -1.76. The van der Waals surface area contributed by atoms with E-state index < -0.39 is 0 Å². The summed E-state index contributed by atoms with van der Waals surface area (Å²) in [5, 5.41) is 0. The van der Waals surface area contributed by atoms with Crippen LogP contribution in [0.2, 0.25) is 0 Å². The monoisotopic (exact) mass is 198 g/mol. The zero-order chi connectivity index (χ0) is 10.5. The molecule has 1 aromatic heterocycles. The van der Waals surface area contributed by atoms with Gasteiger partial charge in [-0.05, 0) is 23.8 Å². The predicted octanol–water partition coefficient (Wildman–Crippen LogP) is 4.01. The van der Waals surface area contributed by atoms with E-state index in [0.717, 1.165) is 17.9 Å². The summed E-state index contributed by atoms with van der Waals surface area (Å²) in [6.07, 6.45) is 4.99. The fraction of sp³-hybridized carbons (Fsp3) is 0.143. The highest BCUT2D eigenvalue weighted by atomic mass is 16.3. The van der Waals surface area contributed by atoms with Gasteiger partial charge in [-0.15, -0.1) is 0 Å². The van der Waals surface area contributed by atoms with Crippen molar-refractivity contribution in [2.24, 2.45) is 0 Å². The Morgan fingerprint density at radius 3 is 2.47 bits per heavy atom. The first-order chi connectivity index (χ1) is 7.38. The van der Waals surface area contributed by atoms with Crippen molar-refractivity contribution < 1.29 is 4.42 Å². The molecule has 0 aliphatic carbocycles. The number of aryl methyl sites for hydroxylation is 1. The summed E-state index contributed by atoms with van der Waals surface area (Å²) in [6.45, 7) is 2.09. The molecule has 1 heterocycles. The average molecular weight is 198 g/mol. The van der Waals surface area contributed by atoms with E-state index in [0.29, 0.717) is 0 Å². The minimum atomic E-state index is 0.913. The Bertz CT molecular complexity index is 437. The van der Waals surface area contributed by atoms with Crippen LogP contribution in [0.4, 0.5) is 0 Å². The van der Waals surface area contributed by atoms with Gasteiger partial charge in [0.1, 0.15) is 11.5 Å². The average Bonchev–Trinajstić information content (AvgIpc) is 2.76. The topological polar surface area (TPSA) is 13.1 Å². The van der Waals surface area contributed by atoms with Crippen LogP contribution in [0, 0.1) is 0 Å². The Labute approximate surface area is 90.1 Å². The van der Waals surface area contributed by atoms with E-state index in [1.54, 1.807) is 0 Å². The SMILES string of the molecule is CCc1ccc(C=Cc2ccccc2)o1. The highest BCUT2D eigenvalue weighted by Gasteiger charge is 1.95. The zero-order valence-corrected chi connectivity index (χ0v) is 8.81. The van der Waals surface area contributed by atoms with Gasteiger partial charge in [0.15, 0.2) is 0 Å². The second-order valence-electron chi connectivity index (χ2n) is 3.40. The molecule has 2 aromatic rings. The van der Waals surface area contributed by atoms with Crippen molar-refractivity contribution in [2.45, 2.75) is 13.3 Å². The van der Waals surface area contributed by atoms with Crippen LogP contribution >= 0.6 is 0 Å². The molecule has 0 N–H and O–H groups in total. The van der Waals surface area contributed by atoms with Gasteiger partial charge in [0.2, 0.25) is 0 Å². The summed E-state index contributed by atoms with van der Waals surface area (Å²) in [7, 11) is 0. The molecule has 0 saturated carbocycles. The molecule has 0 saturated heterocycles. The van der Waals surface area contributed by atoms with Crippen molar-refractivity contribution in [3.63, 3.8) is 0 Å². The Morgan fingerprint density at radius 1 is 1.00 bits per heavy atom. The predicted molar refractivity (Wildman–Crippen MR) is 63.5 cm³/mol. The fourth-order valence-electron chi connectivity index (χ4n) is 1.42. The van der Waals surface area contributed by atoms with E-state index in [2.05, 4.69) is 25.1 Å². The third-order valence-corrected chi connectivity index (χ3v) is 2.27. The van der Waals surface area contributed by atoms with Gasteiger partial charge in [0.05, 0.1) is 0 Å². The van der Waals surface area contributed by atoms with E-state index in [1.807, 2.05) is 36.4 Å². The van der Waals surface area contributed by atoms with Crippen LogP contribution < -0.4 is 0 Å². The molecule has 2 rings (SSSR count). The summed E-state index contributed by atoms with van der Waals surface area (Å²) >= 11 is 0. The molecule has 0 unspecified atom stereocenters. The van der Waals surface area contributed by atoms with Crippen molar-refractivity contribution in [2.75, 3.05) is 0 Å². The van der Waals surface area contributed by atoms with E-state index in [9.17, 15) is 0 Å². The molecule has 0 aliphatic heterocycles. The van der Waals surface area contributed by atoms with Crippen molar-refractivity contribution in [1.82, 2.24) is 0 Å². The van der Waals surface area contributed by atoms with E-state index in [-0.39, 0.29) is 0 Å². The van der Waals surface area contributed by atoms with Gasteiger partial charge in [-0.1, -0.05) is 43.3 Å². The molecule has 15 heavy (non-hydrogen) atoms. The molecule has 0 radical (unpaired) electrons. The quantitative estimate of drug-likeness (QED) is 0.726. The second kappa shape index (κ2) is 4.65. The molecule has 1 aromatic carbocycles. The minimum absolute atomic E-state index is 0.913. The van der Waals surface area contributed by atoms with Crippen LogP contribution in [0.1, 0.15) is 24.0 Å². The molecule has 0 fully saturated rings. The van der Waals surface area contributed by atoms with E-state index >= 15 is 0 Å². The summed E-state index contributed by atoms with van der Waals surface area (Å²) < 4.78 is 5.57. The van der Waals surface area contributed by atoms with Crippen molar-refractivity contribution in [1.29, 1.82) is 0 Å². The maximum absolute atomic E-state index is 5.57. The molecule has 0 atom stereocenters. The lowest BCUT2D eigenvalue weighted by atomic mass is 10.2. The van der Waals surface area contributed by atoms with Gasteiger partial charge in [-0.3, -0.25) is 0 Å². The summed E-state index contributed by atoms with van der Waals surface area (Å²) in [4.78, 5) is 0. The second-order valence-corrected chi connectivity index (χ2v) is 3.40. The first-order valence-corrected chi connectivity index (χ1v) is 5.20. The van der Waals surface area contributed by atoms with Crippen molar-refractivity contribution >= 4 is 12.2 Å². The Balaban J connectivity index is 2.11. The van der Waals surface area contributed by atoms with Crippen LogP contribution in [0.15, 0.2) is 46.9 Å². The summed E-state index contributed by atoms with van der Waals surface area (Å²) in [5.74, 6) is 1.94. The molecule has 0 amide bonds. The fourth-order valence-corrected chi connectivity index (χ4v) is 1.42. The van der Waals surface area contributed by atoms with Gasteiger partial charge in [0, 0.05) is 6.42 Å². The molecule has 0 bridgehead atoms. The largest absolute Gasteiger partial charge is 0.462 e. The summed E-state index contributed by atoms with van der Waals surface area (Å²) in [5.41, 5.74) is 1.19. The molecule has 1 nitrogen and oxygen atoms in total. The van der Waals surface area contributed by atoms with E-state index in [4.69, 9.17) is 4.42 Å². The normalized spacial score (nSPS) is 11.0. The minimum Gasteiger partial charge on any atom is -0.462 e. The van der Waals surface area contributed by atoms with Gasteiger partial charge in [0.25, 0.3) is 0 Å². The zero-order valence-electron chi connectivity index (χ0n) is 8.81. The maximum atomic E-state index is 5.57. The lowest BCUT2D eigenvalue weighted by Crippen LogP contribution is -1.70. The van der Waals surface area contributed by atoms with Gasteiger partial charge >= 0.3 is 0 Å². The highest BCUT2D eigenvalue weighted by molar-refractivity contribution is 5.67. The molecule has 0 aliphatic rings. The van der Waals surface area contributed by atoms with Crippen LogP contribution in [-0.4, -0.2) is 0 Å². The smallest absolute Gasteiger partial charge is 0.127 e. The Kier molecular flexibility index (Phi) is 3.03. The summed E-state index contributed by atoms with van der Waals surface area (Å²) in [6, 6.07) is 14.2. The first-order valence-electron chi connectivity index (χ1n) is 5.20. The number of hydrogen-bond donors (Lipinski definition) is 0. The molecule has 1 heteroatoms. The van der Waals surface area contributed by atoms with E-state index in [1.165, 1.54) is 5.56 Å². The number of benzene rings is 1. The van der Waals surface area contributed by atoms with Crippen LogP contribution in [0.5, 0.6) is 0 Å². The van der Waals surface area contributed by atoms with Gasteiger partial charge in [-0.2, -0.15) is 0 Å². The Morgan fingerprint density at radius 2 is 1.80 bits per heavy atom. The standard InChI is InChI=1S/C14H14O/c1-2-13-10-11-14(15-13)9-8-12-6-4-3-5-7-12/h3-11H,2H2,1H3. The maximum Gasteiger partial charge on any atom is 0.127 e. The number of hydrogen-bond acceptors (Lipinski definition) is 1. The first kappa shape index (κ1) is 9.78. The van der Waals surface area contributed by atoms with Crippen LogP contribution in [0.3, 0.4) is 0 Å². The number of furan rings is 1. The third kappa shape index (κ3) is 2.59. The molecule has 76 valence electrons. The van der Waals surface area contributed by atoms with Crippen molar-refractivity contribution in [3.05, 3.63) is 59.5 Å². The van der Waals surface area contributed by atoms with Gasteiger partial charge in [-0.25, -0.2) is 0 Å². The van der Waals surface area contributed by atoms with Crippen molar-refractivity contribution in [3.8, 4) is 0 Å².